The van der Waals surface area contributed by atoms with Crippen LogP contribution in [0.25, 0.3) is 0 Å². The first-order valence-electron chi connectivity index (χ1n) is 8.57. The molecule has 1 fully saturated rings. The zero-order chi connectivity index (χ0) is 16.7. The summed E-state index contributed by atoms with van der Waals surface area (Å²) in [5, 5.41) is 6.20. The molecule has 5 nitrogen and oxygen atoms in total. The number of rotatable bonds is 7. The number of carbonyl (C=O) groups excluding carboxylic acids is 1. The Morgan fingerprint density at radius 1 is 1.20 bits per heavy atom. The van der Waals surface area contributed by atoms with Crippen LogP contribution in [-0.4, -0.2) is 49.2 Å². The average Bonchev–Trinajstić information content (AvgIpc) is 2.59. The highest BCUT2D eigenvalue weighted by molar-refractivity contribution is 5.85. The largest absolute Gasteiger partial charge is 0.375 e. The predicted molar refractivity (Wildman–Crippen MR) is 107 cm³/mol. The monoisotopic (exact) mass is 391 g/mol. The Labute approximate surface area is 163 Å². The van der Waals surface area contributed by atoms with Gasteiger partial charge in [-0.2, -0.15) is 0 Å². The van der Waals surface area contributed by atoms with Gasteiger partial charge in [-0.1, -0.05) is 38.1 Å². The van der Waals surface area contributed by atoms with Crippen molar-refractivity contribution in [2.75, 3.05) is 26.2 Å². The van der Waals surface area contributed by atoms with Gasteiger partial charge in [0.15, 0.2) is 0 Å². The van der Waals surface area contributed by atoms with E-state index in [2.05, 4.69) is 53.6 Å². The van der Waals surface area contributed by atoms with E-state index in [9.17, 15) is 4.79 Å². The summed E-state index contributed by atoms with van der Waals surface area (Å²) >= 11 is 0. The highest BCUT2D eigenvalue weighted by atomic mass is 35.5. The van der Waals surface area contributed by atoms with Crippen LogP contribution in [0, 0.1) is 0 Å². The van der Waals surface area contributed by atoms with Crippen molar-refractivity contribution in [3.8, 4) is 0 Å². The number of nitrogens with one attached hydrogen (secondary N) is 2. The molecule has 2 N–H and O–H groups in total. The third-order valence-corrected chi connectivity index (χ3v) is 4.39. The van der Waals surface area contributed by atoms with Crippen LogP contribution in [0.5, 0.6) is 0 Å². The maximum atomic E-state index is 12.2. The molecule has 0 radical (unpaired) electrons. The van der Waals surface area contributed by atoms with E-state index in [-0.39, 0.29) is 42.9 Å². The van der Waals surface area contributed by atoms with Crippen LogP contribution in [0.2, 0.25) is 0 Å². The number of ether oxygens (including phenoxy) is 1. The molecule has 0 saturated carbocycles. The molecular weight excluding hydrogens is 361 g/mol. The van der Waals surface area contributed by atoms with Crippen molar-refractivity contribution < 1.29 is 9.53 Å². The summed E-state index contributed by atoms with van der Waals surface area (Å²) in [4.78, 5) is 14.6. The Morgan fingerprint density at radius 2 is 1.80 bits per heavy atom. The van der Waals surface area contributed by atoms with Gasteiger partial charge in [-0.25, -0.2) is 0 Å². The standard InChI is InChI=1S/C18H29N3O2.2ClH/c1-4-21(5-2)13-16-8-6-15(7-9-16)12-20-18(22)17-14(3)23-11-10-19-17;;/h6-9,14,17,19H,4-5,10-13H2,1-3H3,(H,20,22);2*1H/t14-,17+;;/m1../s1. The van der Waals surface area contributed by atoms with Crippen molar-refractivity contribution in [2.24, 2.45) is 0 Å². The molecule has 1 aliphatic rings. The summed E-state index contributed by atoms with van der Waals surface area (Å²) in [7, 11) is 0. The summed E-state index contributed by atoms with van der Waals surface area (Å²) in [6.07, 6.45) is -0.0832. The molecule has 0 aromatic heterocycles. The lowest BCUT2D eigenvalue weighted by atomic mass is 10.1. The lowest BCUT2D eigenvalue weighted by Crippen LogP contribution is -2.55. The Balaban J connectivity index is 0.00000288. The van der Waals surface area contributed by atoms with Crippen molar-refractivity contribution in [2.45, 2.75) is 46.0 Å². The van der Waals surface area contributed by atoms with E-state index in [1.54, 1.807) is 0 Å². The number of benzene rings is 1. The van der Waals surface area contributed by atoms with Gasteiger partial charge >= 0.3 is 0 Å². The number of hydrogen-bond acceptors (Lipinski definition) is 4. The van der Waals surface area contributed by atoms with E-state index in [0.29, 0.717) is 13.2 Å². The minimum absolute atomic E-state index is 0. The molecule has 1 aliphatic heterocycles. The fourth-order valence-corrected chi connectivity index (χ4v) is 2.79. The van der Waals surface area contributed by atoms with Gasteiger partial charge in [0.2, 0.25) is 5.91 Å². The van der Waals surface area contributed by atoms with Crippen LogP contribution < -0.4 is 10.6 Å². The molecule has 1 saturated heterocycles. The second kappa shape index (κ2) is 12.5. The summed E-state index contributed by atoms with van der Waals surface area (Å²) in [6, 6.07) is 8.21. The molecule has 0 spiro atoms. The normalized spacial score (nSPS) is 19.7. The van der Waals surface area contributed by atoms with E-state index in [0.717, 1.165) is 31.7 Å². The van der Waals surface area contributed by atoms with E-state index in [1.807, 2.05) is 6.92 Å². The smallest absolute Gasteiger partial charge is 0.240 e. The Bertz CT molecular complexity index is 496. The van der Waals surface area contributed by atoms with Gasteiger partial charge in [-0.05, 0) is 31.1 Å². The van der Waals surface area contributed by atoms with Gasteiger partial charge < -0.3 is 15.4 Å². The summed E-state index contributed by atoms with van der Waals surface area (Å²) in [5.41, 5.74) is 2.42. The maximum absolute atomic E-state index is 12.2. The number of halogens is 2. The van der Waals surface area contributed by atoms with Gasteiger partial charge in [0.05, 0.1) is 12.7 Å². The molecule has 1 aromatic rings. The van der Waals surface area contributed by atoms with Crippen LogP contribution in [0.1, 0.15) is 31.9 Å². The van der Waals surface area contributed by atoms with Gasteiger partial charge in [-0.15, -0.1) is 24.8 Å². The first kappa shape index (κ1) is 24.1. The molecular formula is C18H31Cl2N3O2. The Kier molecular flexibility index (Phi) is 12.1. The van der Waals surface area contributed by atoms with Crippen molar-refractivity contribution in [3.05, 3.63) is 35.4 Å². The van der Waals surface area contributed by atoms with Crippen molar-refractivity contribution in [1.29, 1.82) is 0 Å². The first-order chi connectivity index (χ1) is 11.1. The highest BCUT2D eigenvalue weighted by Crippen LogP contribution is 2.08. The van der Waals surface area contributed by atoms with Gasteiger partial charge in [0.1, 0.15) is 6.04 Å². The molecule has 144 valence electrons. The minimum Gasteiger partial charge on any atom is -0.375 e. The van der Waals surface area contributed by atoms with Gasteiger partial charge in [0.25, 0.3) is 0 Å². The second-order valence-electron chi connectivity index (χ2n) is 6.00. The minimum atomic E-state index is -0.259. The van der Waals surface area contributed by atoms with E-state index < -0.39 is 0 Å². The first-order valence-corrected chi connectivity index (χ1v) is 8.57. The van der Waals surface area contributed by atoms with Crippen LogP contribution in [-0.2, 0) is 22.6 Å². The van der Waals surface area contributed by atoms with Gasteiger partial charge in [0, 0.05) is 19.6 Å². The van der Waals surface area contributed by atoms with E-state index in [4.69, 9.17) is 4.74 Å². The fraction of sp³-hybridized carbons (Fsp3) is 0.611. The van der Waals surface area contributed by atoms with Gasteiger partial charge in [-0.3, -0.25) is 9.69 Å². The average molecular weight is 392 g/mol. The van der Waals surface area contributed by atoms with E-state index in [1.165, 1.54) is 5.56 Å². The number of hydrogen-bond donors (Lipinski definition) is 2. The third-order valence-electron chi connectivity index (χ3n) is 4.39. The lowest BCUT2D eigenvalue weighted by molar-refractivity contribution is -0.129. The van der Waals surface area contributed by atoms with Crippen LogP contribution in [0.3, 0.4) is 0 Å². The molecule has 2 atom stereocenters. The predicted octanol–water partition coefficient (Wildman–Crippen LogP) is 2.37. The molecule has 1 amide bonds. The SMILES string of the molecule is CCN(CC)Cc1ccc(CNC(=O)[C@H]2NCCO[C@@H]2C)cc1.Cl.Cl. The van der Waals surface area contributed by atoms with Crippen molar-refractivity contribution >= 4 is 30.7 Å². The molecule has 2 rings (SSSR count). The zero-order valence-corrected chi connectivity index (χ0v) is 16.9. The number of carbonyl (C=O) groups is 1. The highest BCUT2D eigenvalue weighted by Gasteiger charge is 2.27. The lowest BCUT2D eigenvalue weighted by Gasteiger charge is -2.29. The maximum Gasteiger partial charge on any atom is 0.240 e. The number of amides is 1. The van der Waals surface area contributed by atoms with Crippen LogP contribution in [0.15, 0.2) is 24.3 Å². The zero-order valence-electron chi connectivity index (χ0n) is 15.3. The van der Waals surface area contributed by atoms with Crippen molar-refractivity contribution in [1.82, 2.24) is 15.5 Å². The van der Waals surface area contributed by atoms with Crippen molar-refractivity contribution in [3.63, 3.8) is 0 Å². The second-order valence-corrected chi connectivity index (χ2v) is 6.00. The Hall–Kier alpha value is -0.850. The number of nitrogens with zero attached hydrogens (tertiary/aromatic N) is 1. The quantitative estimate of drug-likeness (QED) is 0.748. The molecule has 0 bridgehead atoms. The summed E-state index contributed by atoms with van der Waals surface area (Å²) in [6.45, 7) is 11.3. The Morgan fingerprint density at radius 3 is 2.36 bits per heavy atom. The molecule has 1 heterocycles. The molecule has 1 aromatic carbocycles. The van der Waals surface area contributed by atoms with Crippen LogP contribution >= 0.6 is 24.8 Å². The third kappa shape index (κ3) is 7.50. The molecule has 25 heavy (non-hydrogen) atoms. The van der Waals surface area contributed by atoms with E-state index >= 15 is 0 Å². The molecule has 7 heteroatoms. The fourth-order valence-electron chi connectivity index (χ4n) is 2.79. The molecule has 0 aliphatic carbocycles. The van der Waals surface area contributed by atoms with Crippen LogP contribution in [0.4, 0.5) is 0 Å². The topological polar surface area (TPSA) is 53.6 Å². The summed E-state index contributed by atoms with van der Waals surface area (Å²) in [5.74, 6) is 0.00409. The molecule has 0 unspecified atom stereocenters. The number of morpholine rings is 1. The summed E-state index contributed by atoms with van der Waals surface area (Å²) < 4.78 is 5.51.